The van der Waals surface area contributed by atoms with Gasteiger partial charge >= 0.3 is 0 Å². The SMILES string of the molecule is C=C(CNc1cccc(F)c1)NCCc1ccc2c(n1)NCCC2. The van der Waals surface area contributed by atoms with Gasteiger partial charge in [-0.3, -0.25) is 0 Å². The number of aryl methyl sites for hydroxylation is 1. The summed E-state index contributed by atoms with van der Waals surface area (Å²) in [6.07, 6.45) is 3.12. The molecule has 0 spiro atoms. The number of hydrogen-bond donors (Lipinski definition) is 3. The quantitative estimate of drug-likeness (QED) is 0.730. The number of aromatic nitrogens is 1. The Morgan fingerprint density at radius 3 is 3.08 bits per heavy atom. The summed E-state index contributed by atoms with van der Waals surface area (Å²) >= 11 is 0. The third kappa shape index (κ3) is 4.47. The molecule has 2 aromatic rings. The maximum absolute atomic E-state index is 13.1. The van der Waals surface area contributed by atoms with Crippen molar-refractivity contribution in [2.24, 2.45) is 0 Å². The van der Waals surface area contributed by atoms with E-state index in [0.717, 1.165) is 48.8 Å². The fourth-order valence-corrected chi connectivity index (χ4v) is 2.75. The van der Waals surface area contributed by atoms with E-state index in [1.807, 2.05) is 6.07 Å². The molecule has 126 valence electrons. The molecular weight excluding hydrogens is 303 g/mol. The van der Waals surface area contributed by atoms with Gasteiger partial charge in [-0.2, -0.15) is 0 Å². The molecule has 24 heavy (non-hydrogen) atoms. The number of halogens is 1. The lowest BCUT2D eigenvalue weighted by atomic mass is 10.1. The molecule has 1 aromatic heterocycles. The van der Waals surface area contributed by atoms with Crippen LogP contribution in [0.25, 0.3) is 0 Å². The molecule has 5 heteroatoms. The highest BCUT2D eigenvalue weighted by Gasteiger charge is 2.10. The Morgan fingerprint density at radius 1 is 1.29 bits per heavy atom. The maximum Gasteiger partial charge on any atom is 0.129 e. The largest absolute Gasteiger partial charge is 0.387 e. The van der Waals surface area contributed by atoms with Crippen molar-refractivity contribution in [3.63, 3.8) is 0 Å². The number of anilines is 2. The van der Waals surface area contributed by atoms with Crippen LogP contribution in [0, 0.1) is 5.82 Å². The predicted octanol–water partition coefficient (Wildman–Crippen LogP) is 3.34. The first kappa shape index (κ1) is 16.3. The second kappa shape index (κ2) is 7.81. The normalized spacial score (nSPS) is 12.9. The van der Waals surface area contributed by atoms with Gasteiger partial charge in [-0.05, 0) is 42.7 Å². The van der Waals surface area contributed by atoms with Gasteiger partial charge < -0.3 is 16.0 Å². The lowest BCUT2D eigenvalue weighted by Crippen LogP contribution is -2.22. The van der Waals surface area contributed by atoms with Crippen LogP contribution in [0.5, 0.6) is 0 Å². The van der Waals surface area contributed by atoms with E-state index in [1.54, 1.807) is 6.07 Å². The molecule has 0 bridgehead atoms. The topological polar surface area (TPSA) is 49.0 Å². The summed E-state index contributed by atoms with van der Waals surface area (Å²) in [5, 5.41) is 9.79. The fourth-order valence-electron chi connectivity index (χ4n) is 2.75. The van der Waals surface area contributed by atoms with E-state index in [1.165, 1.54) is 24.1 Å². The molecule has 0 aliphatic carbocycles. The minimum absolute atomic E-state index is 0.245. The van der Waals surface area contributed by atoms with E-state index in [-0.39, 0.29) is 5.82 Å². The Labute approximate surface area is 142 Å². The first-order valence-corrected chi connectivity index (χ1v) is 8.34. The average molecular weight is 326 g/mol. The van der Waals surface area contributed by atoms with Crippen LogP contribution in [-0.2, 0) is 12.8 Å². The highest BCUT2D eigenvalue weighted by atomic mass is 19.1. The number of hydrogen-bond acceptors (Lipinski definition) is 4. The van der Waals surface area contributed by atoms with Gasteiger partial charge in [0.2, 0.25) is 0 Å². The summed E-state index contributed by atoms with van der Waals surface area (Å²) in [4.78, 5) is 4.68. The molecule has 1 aliphatic heterocycles. The molecule has 0 saturated heterocycles. The molecule has 0 amide bonds. The van der Waals surface area contributed by atoms with Gasteiger partial charge in [0.1, 0.15) is 11.6 Å². The van der Waals surface area contributed by atoms with Gasteiger partial charge in [0, 0.05) is 36.6 Å². The molecule has 0 atom stereocenters. The van der Waals surface area contributed by atoms with Crippen LogP contribution in [-0.4, -0.2) is 24.6 Å². The summed E-state index contributed by atoms with van der Waals surface area (Å²) in [6.45, 7) is 6.33. The maximum atomic E-state index is 13.1. The van der Waals surface area contributed by atoms with Crippen molar-refractivity contribution >= 4 is 11.5 Å². The fraction of sp³-hybridized carbons (Fsp3) is 0.316. The number of benzene rings is 1. The zero-order valence-corrected chi connectivity index (χ0v) is 13.7. The van der Waals surface area contributed by atoms with Crippen molar-refractivity contribution in [1.82, 2.24) is 10.3 Å². The van der Waals surface area contributed by atoms with E-state index in [0.29, 0.717) is 6.54 Å². The molecule has 3 rings (SSSR count). The third-order valence-corrected chi connectivity index (χ3v) is 4.04. The van der Waals surface area contributed by atoms with Crippen LogP contribution < -0.4 is 16.0 Å². The number of pyridine rings is 1. The van der Waals surface area contributed by atoms with Crippen molar-refractivity contribution in [3.05, 3.63) is 65.7 Å². The Hall–Kier alpha value is -2.56. The summed E-state index contributed by atoms with van der Waals surface area (Å²) in [5.41, 5.74) is 4.00. The molecular formula is C19H23FN4. The highest BCUT2D eigenvalue weighted by molar-refractivity contribution is 5.47. The van der Waals surface area contributed by atoms with Crippen LogP contribution in [0.15, 0.2) is 48.7 Å². The number of fused-ring (bicyclic) bond motifs is 1. The van der Waals surface area contributed by atoms with Crippen LogP contribution in [0.3, 0.4) is 0 Å². The lowest BCUT2D eigenvalue weighted by Gasteiger charge is -2.17. The summed E-state index contributed by atoms with van der Waals surface area (Å²) in [5.74, 6) is 0.788. The van der Waals surface area contributed by atoms with Gasteiger partial charge in [-0.1, -0.05) is 18.7 Å². The highest BCUT2D eigenvalue weighted by Crippen LogP contribution is 2.19. The first-order valence-electron chi connectivity index (χ1n) is 8.34. The van der Waals surface area contributed by atoms with Crippen molar-refractivity contribution in [2.75, 3.05) is 30.3 Å². The molecule has 0 radical (unpaired) electrons. The van der Waals surface area contributed by atoms with Crippen molar-refractivity contribution in [1.29, 1.82) is 0 Å². The van der Waals surface area contributed by atoms with Gasteiger partial charge in [0.15, 0.2) is 0 Å². The molecule has 2 heterocycles. The summed E-state index contributed by atoms with van der Waals surface area (Å²) in [6, 6.07) is 10.7. The molecule has 0 unspecified atom stereocenters. The first-order chi connectivity index (χ1) is 11.7. The smallest absolute Gasteiger partial charge is 0.129 e. The van der Waals surface area contributed by atoms with E-state index in [9.17, 15) is 4.39 Å². The predicted molar refractivity (Wildman–Crippen MR) is 96.8 cm³/mol. The van der Waals surface area contributed by atoms with E-state index in [2.05, 4.69) is 39.6 Å². The monoisotopic (exact) mass is 326 g/mol. The van der Waals surface area contributed by atoms with Crippen LogP contribution in [0.1, 0.15) is 17.7 Å². The van der Waals surface area contributed by atoms with E-state index in [4.69, 9.17) is 0 Å². The van der Waals surface area contributed by atoms with Crippen molar-refractivity contribution in [2.45, 2.75) is 19.3 Å². The second-order valence-corrected chi connectivity index (χ2v) is 5.98. The third-order valence-electron chi connectivity index (χ3n) is 4.04. The van der Waals surface area contributed by atoms with E-state index < -0.39 is 0 Å². The van der Waals surface area contributed by atoms with Crippen LogP contribution in [0.2, 0.25) is 0 Å². The molecule has 1 aliphatic rings. The minimum Gasteiger partial charge on any atom is -0.387 e. The molecule has 0 fully saturated rings. The summed E-state index contributed by atoms with van der Waals surface area (Å²) in [7, 11) is 0. The second-order valence-electron chi connectivity index (χ2n) is 5.98. The van der Waals surface area contributed by atoms with Crippen LogP contribution >= 0.6 is 0 Å². The van der Waals surface area contributed by atoms with Gasteiger partial charge in [0.05, 0.1) is 6.54 Å². The molecule has 4 nitrogen and oxygen atoms in total. The van der Waals surface area contributed by atoms with Crippen molar-refractivity contribution in [3.8, 4) is 0 Å². The number of rotatable bonds is 7. The van der Waals surface area contributed by atoms with Crippen molar-refractivity contribution < 1.29 is 4.39 Å². The zero-order valence-electron chi connectivity index (χ0n) is 13.7. The average Bonchev–Trinajstić information content (AvgIpc) is 2.60. The van der Waals surface area contributed by atoms with Gasteiger partial charge in [0.25, 0.3) is 0 Å². The summed E-state index contributed by atoms with van der Waals surface area (Å²) < 4.78 is 13.1. The lowest BCUT2D eigenvalue weighted by molar-refractivity contribution is 0.628. The number of nitrogens with one attached hydrogen (secondary N) is 3. The molecule has 1 aromatic carbocycles. The Bertz CT molecular complexity index is 714. The van der Waals surface area contributed by atoms with Crippen LogP contribution in [0.4, 0.5) is 15.9 Å². The Morgan fingerprint density at radius 2 is 2.21 bits per heavy atom. The Balaban J connectivity index is 1.42. The molecule has 3 N–H and O–H groups in total. The number of nitrogens with zero attached hydrogens (tertiary/aromatic N) is 1. The van der Waals surface area contributed by atoms with E-state index >= 15 is 0 Å². The standard InChI is InChI=1S/C19H23FN4/c1-14(13-23-18-6-2-5-16(20)12-18)21-11-9-17-8-7-15-4-3-10-22-19(15)24-17/h2,5-8,12,21,23H,1,3-4,9-11,13H2,(H,22,24). The zero-order chi connectivity index (χ0) is 16.8. The van der Waals surface area contributed by atoms with Gasteiger partial charge in [-0.25, -0.2) is 9.37 Å². The minimum atomic E-state index is -0.245. The van der Waals surface area contributed by atoms with Gasteiger partial charge in [-0.15, -0.1) is 0 Å². The molecule has 0 saturated carbocycles. The Kier molecular flexibility index (Phi) is 5.31.